The van der Waals surface area contributed by atoms with Gasteiger partial charge in [-0.2, -0.15) is 4.31 Å². The summed E-state index contributed by atoms with van der Waals surface area (Å²) in [5.41, 5.74) is 0.995. The molecule has 0 bridgehead atoms. The maximum atomic E-state index is 12.9. The van der Waals surface area contributed by atoms with E-state index in [1.807, 2.05) is 43.3 Å². The molecule has 3 rings (SSSR count). The van der Waals surface area contributed by atoms with Gasteiger partial charge >= 0.3 is 0 Å². The fourth-order valence-electron chi connectivity index (χ4n) is 3.00. The fourth-order valence-corrected chi connectivity index (χ4v) is 6.08. The minimum atomic E-state index is -3.61. The molecular formula is C18H22N2O3S2. The first kappa shape index (κ1) is 18.1. The normalized spacial score (nSPS) is 18.4. The number of rotatable bonds is 6. The SMILES string of the molecule is CCc1ccc(S(=O)(=O)N2CCC[C@H]2C(=O)NCc2ccccc2)s1. The molecule has 1 aliphatic rings. The molecule has 7 heteroatoms. The van der Waals surface area contributed by atoms with Crippen molar-refractivity contribution >= 4 is 27.3 Å². The Kier molecular flexibility index (Phi) is 5.56. The third-order valence-electron chi connectivity index (χ3n) is 4.36. The van der Waals surface area contributed by atoms with Crippen LogP contribution in [0.5, 0.6) is 0 Å². The van der Waals surface area contributed by atoms with Crippen LogP contribution < -0.4 is 5.32 Å². The van der Waals surface area contributed by atoms with Crippen LogP contribution in [0.4, 0.5) is 0 Å². The summed E-state index contributed by atoms with van der Waals surface area (Å²) in [6.45, 7) is 2.80. The fraction of sp³-hybridized carbons (Fsp3) is 0.389. The standard InChI is InChI=1S/C18H22N2O3S2/c1-2-15-10-11-17(24-15)25(22,23)20-12-6-9-16(20)18(21)19-13-14-7-4-3-5-8-14/h3-5,7-8,10-11,16H,2,6,9,12-13H2,1H3,(H,19,21)/t16-/m0/s1. The number of thiophene rings is 1. The van der Waals surface area contributed by atoms with Gasteiger partial charge in [-0.3, -0.25) is 4.79 Å². The zero-order valence-corrected chi connectivity index (χ0v) is 15.8. The van der Waals surface area contributed by atoms with E-state index in [4.69, 9.17) is 0 Å². The van der Waals surface area contributed by atoms with Crippen molar-refractivity contribution < 1.29 is 13.2 Å². The quantitative estimate of drug-likeness (QED) is 0.840. The van der Waals surface area contributed by atoms with Crippen molar-refractivity contribution in [3.8, 4) is 0 Å². The van der Waals surface area contributed by atoms with Crippen molar-refractivity contribution in [3.63, 3.8) is 0 Å². The summed E-state index contributed by atoms with van der Waals surface area (Å²) in [6.07, 6.45) is 2.07. The Bertz CT molecular complexity index is 831. The maximum Gasteiger partial charge on any atom is 0.253 e. The van der Waals surface area contributed by atoms with Crippen molar-refractivity contribution in [1.29, 1.82) is 0 Å². The number of nitrogens with one attached hydrogen (secondary N) is 1. The Balaban J connectivity index is 1.72. The Morgan fingerprint density at radius 1 is 1.24 bits per heavy atom. The molecule has 1 aliphatic heterocycles. The molecule has 0 aliphatic carbocycles. The van der Waals surface area contributed by atoms with Gasteiger partial charge in [-0.15, -0.1) is 11.3 Å². The Labute approximate surface area is 152 Å². The van der Waals surface area contributed by atoms with E-state index in [9.17, 15) is 13.2 Å². The third-order valence-corrected chi connectivity index (χ3v) is 7.97. The third kappa shape index (κ3) is 3.94. The van der Waals surface area contributed by atoms with Gasteiger partial charge in [0.15, 0.2) is 0 Å². The summed E-state index contributed by atoms with van der Waals surface area (Å²) in [4.78, 5) is 13.6. The lowest BCUT2D eigenvalue weighted by molar-refractivity contribution is -0.124. The van der Waals surface area contributed by atoms with E-state index in [1.54, 1.807) is 6.07 Å². The van der Waals surface area contributed by atoms with Crippen LogP contribution in [0.1, 0.15) is 30.2 Å². The van der Waals surface area contributed by atoms with Gasteiger partial charge in [-0.25, -0.2) is 8.42 Å². The summed E-state index contributed by atoms with van der Waals surface area (Å²) in [7, 11) is -3.61. The summed E-state index contributed by atoms with van der Waals surface area (Å²) >= 11 is 1.29. The predicted molar refractivity (Wildman–Crippen MR) is 98.9 cm³/mol. The maximum absolute atomic E-state index is 12.9. The van der Waals surface area contributed by atoms with Crippen molar-refractivity contribution in [2.24, 2.45) is 0 Å². The molecule has 1 fully saturated rings. The highest BCUT2D eigenvalue weighted by Crippen LogP contribution is 2.30. The number of sulfonamides is 1. The molecule has 2 heterocycles. The van der Waals surface area contributed by atoms with Crippen LogP contribution >= 0.6 is 11.3 Å². The number of amides is 1. The number of nitrogens with zero attached hydrogens (tertiary/aromatic N) is 1. The molecule has 25 heavy (non-hydrogen) atoms. The van der Waals surface area contributed by atoms with Gasteiger partial charge in [0.1, 0.15) is 10.3 Å². The molecule has 1 saturated heterocycles. The molecule has 1 aromatic heterocycles. The average Bonchev–Trinajstić information content (AvgIpc) is 3.30. The van der Waals surface area contributed by atoms with Gasteiger partial charge in [0, 0.05) is 18.0 Å². The second kappa shape index (κ2) is 7.68. The number of carbonyl (C=O) groups is 1. The largest absolute Gasteiger partial charge is 0.351 e. The Morgan fingerprint density at radius 3 is 2.68 bits per heavy atom. The van der Waals surface area contributed by atoms with Crippen molar-refractivity contribution in [3.05, 3.63) is 52.9 Å². The topological polar surface area (TPSA) is 66.5 Å². The second-order valence-electron chi connectivity index (χ2n) is 6.05. The minimum Gasteiger partial charge on any atom is -0.351 e. The Hall–Kier alpha value is -1.70. The van der Waals surface area contributed by atoms with E-state index in [2.05, 4.69) is 5.32 Å². The predicted octanol–water partition coefficient (Wildman–Crippen LogP) is 2.78. The molecule has 1 N–H and O–H groups in total. The lowest BCUT2D eigenvalue weighted by Crippen LogP contribution is -2.45. The van der Waals surface area contributed by atoms with E-state index in [1.165, 1.54) is 15.6 Å². The first-order chi connectivity index (χ1) is 12.0. The van der Waals surface area contributed by atoms with E-state index < -0.39 is 16.1 Å². The average molecular weight is 379 g/mol. The lowest BCUT2D eigenvalue weighted by Gasteiger charge is -2.22. The molecule has 1 atom stereocenters. The molecule has 0 saturated carbocycles. The number of hydrogen-bond acceptors (Lipinski definition) is 4. The lowest BCUT2D eigenvalue weighted by atomic mass is 10.2. The van der Waals surface area contributed by atoms with Crippen molar-refractivity contribution in [2.75, 3.05) is 6.54 Å². The van der Waals surface area contributed by atoms with Gasteiger partial charge in [-0.05, 0) is 37.0 Å². The highest BCUT2D eigenvalue weighted by atomic mass is 32.2. The molecule has 5 nitrogen and oxygen atoms in total. The number of aryl methyl sites for hydroxylation is 1. The monoisotopic (exact) mass is 378 g/mol. The molecule has 0 unspecified atom stereocenters. The van der Waals surface area contributed by atoms with Crippen LogP contribution in [0.15, 0.2) is 46.7 Å². The Morgan fingerprint density at radius 2 is 2.00 bits per heavy atom. The number of hydrogen-bond donors (Lipinski definition) is 1. The highest BCUT2D eigenvalue weighted by Gasteiger charge is 2.39. The highest BCUT2D eigenvalue weighted by molar-refractivity contribution is 7.91. The summed E-state index contributed by atoms with van der Waals surface area (Å²) in [5.74, 6) is -0.225. The molecule has 1 amide bonds. The molecule has 0 spiro atoms. The van der Waals surface area contributed by atoms with Crippen LogP contribution in [-0.4, -0.2) is 31.2 Å². The molecule has 2 aromatic rings. The van der Waals surface area contributed by atoms with Crippen molar-refractivity contribution in [2.45, 2.75) is 43.0 Å². The summed E-state index contributed by atoms with van der Waals surface area (Å²) in [6, 6.07) is 12.5. The first-order valence-electron chi connectivity index (χ1n) is 8.44. The zero-order valence-electron chi connectivity index (χ0n) is 14.1. The number of carbonyl (C=O) groups excluding carboxylic acids is 1. The van der Waals surface area contributed by atoms with Crippen LogP contribution in [0, 0.1) is 0 Å². The molecular weight excluding hydrogens is 356 g/mol. The summed E-state index contributed by atoms with van der Waals surface area (Å²) < 4.78 is 27.5. The smallest absolute Gasteiger partial charge is 0.253 e. The number of benzene rings is 1. The van der Waals surface area contributed by atoms with Gasteiger partial charge < -0.3 is 5.32 Å². The van der Waals surface area contributed by atoms with Crippen molar-refractivity contribution in [1.82, 2.24) is 9.62 Å². The van der Waals surface area contributed by atoms with Crippen LogP contribution in [0.2, 0.25) is 0 Å². The minimum absolute atomic E-state index is 0.225. The van der Waals surface area contributed by atoms with E-state index in [-0.39, 0.29) is 5.91 Å². The van der Waals surface area contributed by atoms with Crippen LogP contribution in [0.3, 0.4) is 0 Å². The van der Waals surface area contributed by atoms with Gasteiger partial charge in [0.25, 0.3) is 10.0 Å². The molecule has 0 radical (unpaired) electrons. The zero-order chi connectivity index (χ0) is 17.9. The van der Waals surface area contributed by atoms with Crippen LogP contribution in [-0.2, 0) is 27.8 Å². The summed E-state index contributed by atoms with van der Waals surface area (Å²) in [5, 5.41) is 2.87. The molecule has 1 aromatic carbocycles. The van der Waals surface area contributed by atoms with Crippen LogP contribution in [0.25, 0.3) is 0 Å². The van der Waals surface area contributed by atoms with E-state index in [0.717, 1.165) is 16.9 Å². The van der Waals surface area contributed by atoms with Gasteiger partial charge in [0.2, 0.25) is 5.91 Å². The van der Waals surface area contributed by atoms with Gasteiger partial charge in [0.05, 0.1) is 0 Å². The first-order valence-corrected chi connectivity index (χ1v) is 10.7. The molecule has 134 valence electrons. The van der Waals surface area contributed by atoms with E-state index >= 15 is 0 Å². The van der Waals surface area contributed by atoms with E-state index in [0.29, 0.717) is 30.1 Å². The van der Waals surface area contributed by atoms with Gasteiger partial charge in [-0.1, -0.05) is 37.3 Å². The second-order valence-corrected chi connectivity index (χ2v) is 9.34.